The fourth-order valence-electron chi connectivity index (χ4n) is 5.69. The minimum absolute atomic E-state index is 0.00178. The number of ketones is 1. The van der Waals surface area contributed by atoms with E-state index in [-0.39, 0.29) is 12.8 Å². The summed E-state index contributed by atoms with van der Waals surface area (Å²) in [5.74, 6) is -2.22. The summed E-state index contributed by atoms with van der Waals surface area (Å²) in [7, 11) is 0. The predicted octanol–water partition coefficient (Wildman–Crippen LogP) is 5.64. The molecule has 1 rings (SSSR count). The van der Waals surface area contributed by atoms with Gasteiger partial charge in [0.25, 0.3) is 0 Å². The number of ether oxygens (including phenoxy) is 2. The Morgan fingerprint density at radius 1 is 0.744 bits per heavy atom. The minimum Gasteiger partial charge on any atom is -0.454 e. The molecule has 9 heteroatoms. The molecule has 0 aliphatic carbocycles. The van der Waals surface area contributed by atoms with Gasteiger partial charge in [0.2, 0.25) is 11.4 Å². The third kappa shape index (κ3) is 15.2. The number of unbranched alkanes of at least 4 members (excludes halogenated alkanes) is 19. The third-order valence-electron chi connectivity index (χ3n) is 8.61. The summed E-state index contributed by atoms with van der Waals surface area (Å²) in [5, 5.41) is 51.8. The van der Waals surface area contributed by atoms with Crippen molar-refractivity contribution in [2.24, 2.45) is 0 Å². The lowest BCUT2D eigenvalue weighted by molar-refractivity contribution is -0.318. The van der Waals surface area contributed by atoms with Crippen LogP contribution in [-0.2, 0) is 19.1 Å². The molecule has 0 amide bonds. The quantitative estimate of drug-likeness (QED) is 0.0582. The topological polar surface area (TPSA) is 154 Å². The van der Waals surface area contributed by atoms with Crippen LogP contribution in [0.4, 0.5) is 0 Å². The van der Waals surface area contributed by atoms with Gasteiger partial charge in [-0.15, -0.1) is 0 Å². The third-order valence-corrected chi connectivity index (χ3v) is 8.61. The zero-order chi connectivity index (χ0) is 32.8. The lowest BCUT2D eigenvalue weighted by atomic mass is 9.80. The SMILES string of the molecule is [2H]C(CCCCCCCCCCCC)(OC(=O)CCCCCCCCCCCCC)C(=O)[C@]1(O)C(O)O[C@H](CO)[C@@H](O)[C@@H]1O. The van der Waals surface area contributed by atoms with Crippen LogP contribution < -0.4 is 0 Å². The molecule has 1 aliphatic heterocycles. The summed E-state index contributed by atoms with van der Waals surface area (Å²) < 4.78 is 19.3. The Bertz CT molecular complexity index is 769. The van der Waals surface area contributed by atoms with Gasteiger partial charge in [-0.05, 0) is 19.3 Å². The molecule has 6 atom stereocenters. The number of carbonyl (C=O) groups is 2. The molecule has 0 aromatic rings. The normalized spacial score (nSPS) is 25.7. The van der Waals surface area contributed by atoms with Crippen LogP contribution in [0.25, 0.3) is 0 Å². The second-order valence-corrected chi connectivity index (χ2v) is 12.4. The first kappa shape index (κ1) is 38.1. The zero-order valence-electron chi connectivity index (χ0n) is 28.1. The molecule has 43 heavy (non-hydrogen) atoms. The van der Waals surface area contributed by atoms with Gasteiger partial charge in [-0.25, -0.2) is 0 Å². The minimum atomic E-state index is -3.12. The van der Waals surface area contributed by atoms with Gasteiger partial charge in [0.1, 0.15) is 18.3 Å². The fourth-order valence-corrected chi connectivity index (χ4v) is 5.69. The molecule has 1 saturated heterocycles. The molecule has 1 heterocycles. The Hall–Kier alpha value is -1.10. The Morgan fingerprint density at radius 3 is 1.60 bits per heavy atom. The molecule has 2 unspecified atom stereocenters. The lowest BCUT2D eigenvalue weighted by Gasteiger charge is -2.45. The van der Waals surface area contributed by atoms with E-state index in [4.69, 9.17) is 10.8 Å². The summed E-state index contributed by atoms with van der Waals surface area (Å²) in [5.41, 5.74) is -3.12. The van der Waals surface area contributed by atoms with Gasteiger partial charge >= 0.3 is 5.97 Å². The maximum absolute atomic E-state index is 13.6. The zero-order valence-corrected chi connectivity index (χ0v) is 27.1. The van der Waals surface area contributed by atoms with Crippen LogP contribution in [0.15, 0.2) is 0 Å². The van der Waals surface area contributed by atoms with Gasteiger partial charge in [0, 0.05) is 6.42 Å². The van der Waals surface area contributed by atoms with Gasteiger partial charge in [-0.2, -0.15) is 0 Å². The Kier molecular flexibility index (Phi) is 21.4. The second kappa shape index (κ2) is 24.2. The van der Waals surface area contributed by atoms with E-state index < -0.39 is 54.6 Å². The van der Waals surface area contributed by atoms with E-state index in [9.17, 15) is 35.1 Å². The average molecular weight is 618 g/mol. The van der Waals surface area contributed by atoms with E-state index in [0.29, 0.717) is 19.3 Å². The van der Waals surface area contributed by atoms with Crippen LogP contribution in [0.5, 0.6) is 0 Å². The van der Waals surface area contributed by atoms with Crippen molar-refractivity contribution in [1.29, 1.82) is 0 Å². The maximum Gasteiger partial charge on any atom is 0.306 e. The molecule has 0 aromatic carbocycles. The van der Waals surface area contributed by atoms with Crippen LogP contribution in [0.1, 0.15) is 163 Å². The summed E-state index contributed by atoms with van der Waals surface area (Å²) in [6, 6.07) is 0. The van der Waals surface area contributed by atoms with Crippen molar-refractivity contribution < 1.29 is 46.0 Å². The van der Waals surface area contributed by atoms with Crippen molar-refractivity contribution in [3.8, 4) is 0 Å². The van der Waals surface area contributed by atoms with E-state index in [1.165, 1.54) is 64.2 Å². The highest BCUT2D eigenvalue weighted by atomic mass is 16.6. The number of hydrogen-bond acceptors (Lipinski definition) is 9. The molecule has 0 radical (unpaired) electrons. The number of esters is 1. The summed E-state index contributed by atoms with van der Waals surface area (Å²) >= 11 is 0. The molecule has 0 saturated carbocycles. The van der Waals surface area contributed by atoms with Gasteiger partial charge in [0.15, 0.2) is 12.4 Å². The van der Waals surface area contributed by atoms with Crippen molar-refractivity contribution in [2.75, 3.05) is 6.61 Å². The monoisotopic (exact) mass is 617 g/mol. The molecular formula is C34H64O9. The summed E-state index contributed by atoms with van der Waals surface area (Å²) in [6.45, 7) is 3.61. The largest absolute Gasteiger partial charge is 0.454 e. The smallest absolute Gasteiger partial charge is 0.306 e. The number of rotatable bonds is 27. The number of carbonyl (C=O) groups excluding carboxylic acids is 2. The number of aliphatic hydroxyl groups is 5. The van der Waals surface area contributed by atoms with Crippen LogP contribution in [0, 0.1) is 0 Å². The van der Waals surface area contributed by atoms with E-state index in [1.54, 1.807) is 0 Å². The van der Waals surface area contributed by atoms with Crippen LogP contribution in [0.3, 0.4) is 0 Å². The molecule has 1 fully saturated rings. The van der Waals surface area contributed by atoms with Crippen molar-refractivity contribution in [3.63, 3.8) is 0 Å². The molecule has 254 valence electrons. The fraction of sp³-hybridized carbons (Fsp3) is 0.941. The standard InChI is InChI=1S/C34H64O9/c1-3-5-7-9-11-13-15-17-19-21-23-25-29(36)42-27(24-22-20-18-16-14-12-10-8-6-4-2)31(38)34(41)32(39)30(37)28(26-35)43-33(34)40/h27-28,30,32-33,35,37,39-41H,3-26H2,1-2H3/t27?,28-,30-,32+,33?,34-/m1/s1/i27D. The van der Waals surface area contributed by atoms with E-state index >= 15 is 0 Å². The van der Waals surface area contributed by atoms with Crippen molar-refractivity contribution >= 4 is 11.8 Å². The van der Waals surface area contributed by atoms with Crippen molar-refractivity contribution in [1.82, 2.24) is 0 Å². The van der Waals surface area contributed by atoms with Crippen molar-refractivity contribution in [2.45, 2.75) is 198 Å². The molecule has 1 aliphatic rings. The number of hydrogen-bond donors (Lipinski definition) is 5. The van der Waals surface area contributed by atoms with Crippen LogP contribution >= 0.6 is 0 Å². The molecule has 9 nitrogen and oxygen atoms in total. The highest BCUT2D eigenvalue weighted by molar-refractivity contribution is 5.93. The van der Waals surface area contributed by atoms with Gasteiger partial charge < -0.3 is 35.0 Å². The number of aliphatic hydroxyl groups excluding tert-OH is 4. The molecule has 0 aromatic heterocycles. The highest BCUT2D eigenvalue weighted by Crippen LogP contribution is 2.32. The first-order valence-electron chi connectivity index (χ1n) is 17.9. The molecule has 0 bridgehead atoms. The predicted molar refractivity (Wildman–Crippen MR) is 167 cm³/mol. The lowest BCUT2D eigenvalue weighted by Crippen LogP contribution is -2.71. The summed E-state index contributed by atoms with van der Waals surface area (Å²) in [6.07, 6.45) is 11.4. The van der Waals surface area contributed by atoms with Gasteiger partial charge in [-0.1, -0.05) is 136 Å². The Labute approximate surface area is 262 Å². The van der Waals surface area contributed by atoms with E-state index in [0.717, 1.165) is 51.4 Å². The van der Waals surface area contributed by atoms with Gasteiger partial charge in [-0.3, -0.25) is 9.59 Å². The van der Waals surface area contributed by atoms with Crippen LogP contribution in [-0.4, -0.2) is 80.2 Å². The molecule has 0 spiro atoms. The summed E-state index contributed by atoms with van der Waals surface area (Å²) in [4.78, 5) is 26.4. The van der Waals surface area contributed by atoms with Gasteiger partial charge in [0.05, 0.1) is 7.98 Å². The number of Topliss-reactive ketones (excluding diaryl/α,β-unsaturated/α-hetero) is 1. The Balaban J connectivity index is 2.68. The van der Waals surface area contributed by atoms with E-state index in [1.807, 2.05) is 0 Å². The highest BCUT2D eigenvalue weighted by Gasteiger charge is 2.60. The van der Waals surface area contributed by atoms with Crippen molar-refractivity contribution in [3.05, 3.63) is 0 Å². The maximum atomic E-state index is 13.6. The Morgan fingerprint density at radius 2 is 1.16 bits per heavy atom. The van der Waals surface area contributed by atoms with Crippen LogP contribution in [0.2, 0.25) is 0 Å². The first-order chi connectivity index (χ1) is 21.1. The molecular weight excluding hydrogens is 552 g/mol. The average Bonchev–Trinajstić information content (AvgIpc) is 3.01. The second-order valence-electron chi connectivity index (χ2n) is 12.4. The first-order valence-corrected chi connectivity index (χ1v) is 17.4. The van der Waals surface area contributed by atoms with E-state index in [2.05, 4.69) is 13.8 Å². The molecule has 5 N–H and O–H groups in total.